The van der Waals surface area contributed by atoms with E-state index in [9.17, 15) is 9.90 Å². The largest absolute Gasteiger partial charge is 0.508 e. The number of hydrogen-bond acceptors (Lipinski definition) is 3. The molecule has 0 heterocycles. The second-order valence-corrected chi connectivity index (χ2v) is 3.78. The second kappa shape index (κ2) is 2.62. The Morgan fingerprint density at radius 2 is 2.00 bits per heavy atom. The molecule has 2 aliphatic carbocycles. The summed E-state index contributed by atoms with van der Waals surface area (Å²) < 4.78 is 0. The third-order valence-electron chi connectivity index (χ3n) is 2.89. The lowest BCUT2D eigenvalue weighted by Gasteiger charge is -2.17. The highest BCUT2D eigenvalue weighted by molar-refractivity contribution is 5.70. The second-order valence-electron chi connectivity index (χ2n) is 3.78. The Bertz CT molecular complexity index is 308. The number of aldehydes is 1. The molecular formula is C10H12O3. The minimum absolute atomic E-state index is 0.0328. The summed E-state index contributed by atoms with van der Waals surface area (Å²) in [6, 6.07) is 0. The van der Waals surface area contributed by atoms with E-state index < -0.39 is 0 Å². The van der Waals surface area contributed by atoms with Gasteiger partial charge < -0.3 is 15.0 Å². The molecular weight excluding hydrogens is 168 g/mol. The molecule has 2 rings (SSSR count). The van der Waals surface area contributed by atoms with Crippen LogP contribution in [0.15, 0.2) is 23.2 Å². The Balaban J connectivity index is 2.27. The van der Waals surface area contributed by atoms with Crippen LogP contribution in [0, 0.1) is 5.41 Å². The molecule has 3 nitrogen and oxygen atoms in total. The predicted molar refractivity (Wildman–Crippen MR) is 47.3 cm³/mol. The zero-order chi connectivity index (χ0) is 9.47. The van der Waals surface area contributed by atoms with Crippen molar-refractivity contribution in [3.63, 3.8) is 0 Å². The van der Waals surface area contributed by atoms with Gasteiger partial charge in [0.25, 0.3) is 0 Å². The van der Waals surface area contributed by atoms with Gasteiger partial charge in [0.2, 0.25) is 0 Å². The molecule has 1 saturated carbocycles. The summed E-state index contributed by atoms with van der Waals surface area (Å²) in [5, 5.41) is 18.4. The highest BCUT2D eigenvalue weighted by atomic mass is 16.3. The van der Waals surface area contributed by atoms with Crippen LogP contribution in [0.5, 0.6) is 0 Å². The number of hydrogen-bond donors (Lipinski definition) is 2. The summed E-state index contributed by atoms with van der Waals surface area (Å²) in [5.41, 5.74) is 0.673. The first-order chi connectivity index (χ1) is 6.18. The highest BCUT2D eigenvalue weighted by Gasteiger charge is 2.46. The maximum atomic E-state index is 10.8. The van der Waals surface area contributed by atoms with Gasteiger partial charge in [-0.05, 0) is 25.3 Å². The summed E-state index contributed by atoms with van der Waals surface area (Å²) in [7, 11) is 0. The summed E-state index contributed by atoms with van der Waals surface area (Å²) >= 11 is 0. The maximum absolute atomic E-state index is 10.8. The summed E-state index contributed by atoms with van der Waals surface area (Å²) in [4.78, 5) is 10.8. The molecule has 0 amide bonds. The van der Waals surface area contributed by atoms with Gasteiger partial charge in [-0.25, -0.2) is 0 Å². The Morgan fingerprint density at radius 1 is 1.31 bits per heavy atom. The zero-order valence-electron chi connectivity index (χ0n) is 7.29. The molecule has 0 atom stereocenters. The van der Waals surface area contributed by atoms with E-state index in [1.54, 1.807) is 6.08 Å². The summed E-state index contributed by atoms with van der Waals surface area (Å²) in [6.45, 7) is 0. The number of rotatable bonds is 2. The molecule has 3 heteroatoms. The van der Waals surface area contributed by atoms with Crippen LogP contribution < -0.4 is 0 Å². The quantitative estimate of drug-likeness (QED) is 0.639. The Hall–Kier alpha value is -1.25. The average Bonchev–Trinajstić information content (AvgIpc) is 2.90. The topological polar surface area (TPSA) is 57.5 Å². The number of carbonyl (C=O) groups excluding carboxylic acids is 1. The highest BCUT2D eigenvalue weighted by Crippen LogP contribution is 2.52. The van der Waals surface area contributed by atoms with E-state index >= 15 is 0 Å². The van der Waals surface area contributed by atoms with Crippen molar-refractivity contribution in [2.24, 2.45) is 5.41 Å². The van der Waals surface area contributed by atoms with Crippen molar-refractivity contribution in [1.82, 2.24) is 0 Å². The van der Waals surface area contributed by atoms with Gasteiger partial charge >= 0.3 is 0 Å². The van der Waals surface area contributed by atoms with Crippen molar-refractivity contribution >= 4 is 6.29 Å². The molecule has 1 fully saturated rings. The van der Waals surface area contributed by atoms with Crippen molar-refractivity contribution < 1.29 is 15.0 Å². The Kier molecular flexibility index (Phi) is 1.68. The molecule has 0 saturated heterocycles. The lowest BCUT2D eigenvalue weighted by molar-refractivity contribution is -0.111. The van der Waals surface area contributed by atoms with Crippen LogP contribution >= 0.6 is 0 Å². The van der Waals surface area contributed by atoms with Gasteiger partial charge in [0.15, 0.2) is 5.76 Å². The number of allylic oxidation sites excluding steroid dienone is 3. The fraction of sp³-hybridized carbons (Fsp3) is 0.500. The Morgan fingerprint density at radius 3 is 2.46 bits per heavy atom. The third-order valence-corrected chi connectivity index (χ3v) is 2.89. The van der Waals surface area contributed by atoms with E-state index in [4.69, 9.17) is 5.11 Å². The van der Waals surface area contributed by atoms with Crippen molar-refractivity contribution in [2.45, 2.75) is 25.7 Å². The molecule has 0 bridgehead atoms. The number of aliphatic hydroxyl groups excluding tert-OH is 2. The van der Waals surface area contributed by atoms with Crippen molar-refractivity contribution in [3.8, 4) is 0 Å². The SMILES string of the molecule is O=CC1(C2=CC(O)=C(O)CC2)CC1. The fourth-order valence-electron chi connectivity index (χ4n) is 1.74. The van der Waals surface area contributed by atoms with Crippen LogP contribution in [0.1, 0.15) is 25.7 Å². The fourth-order valence-corrected chi connectivity index (χ4v) is 1.74. The summed E-state index contributed by atoms with van der Waals surface area (Å²) in [5.74, 6) is -0.0418. The minimum atomic E-state index is -0.297. The van der Waals surface area contributed by atoms with Crippen molar-refractivity contribution in [1.29, 1.82) is 0 Å². The molecule has 0 radical (unpaired) electrons. The molecule has 0 unspecified atom stereocenters. The molecule has 0 aliphatic heterocycles. The van der Waals surface area contributed by atoms with Crippen LogP contribution in [0.4, 0.5) is 0 Å². The molecule has 0 aromatic heterocycles. The standard InChI is InChI=1S/C10H12O3/c11-6-10(3-4-10)7-1-2-8(12)9(13)5-7/h5-6,12-13H,1-4H2. The smallest absolute Gasteiger partial charge is 0.152 e. The molecule has 0 spiro atoms. The van der Waals surface area contributed by atoms with Gasteiger partial charge in [-0.1, -0.05) is 5.57 Å². The molecule has 2 aliphatic rings. The van der Waals surface area contributed by atoms with Gasteiger partial charge in [0, 0.05) is 11.8 Å². The van der Waals surface area contributed by atoms with Crippen molar-refractivity contribution in [3.05, 3.63) is 23.2 Å². The molecule has 0 aromatic carbocycles. The van der Waals surface area contributed by atoms with E-state index in [1.165, 1.54) is 0 Å². The van der Waals surface area contributed by atoms with Gasteiger partial charge in [-0.15, -0.1) is 0 Å². The van der Waals surface area contributed by atoms with E-state index in [0.717, 1.165) is 24.7 Å². The van der Waals surface area contributed by atoms with E-state index in [2.05, 4.69) is 0 Å². The number of aliphatic hydroxyl groups is 2. The van der Waals surface area contributed by atoms with Gasteiger partial charge in [-0.3, -0.25) is 0 Å². The van der Waals surface area contributed by atoms with Crippen molar-refractivity contribution in [2.75, 3.05) is 0 Å². The third kappa shape index (κ3) is 1.24. The lowest BCUT2D eigenvalue weighted by Crippen LogP contribution is -2.10. The molecule has 70 valence electrons. The first kappa shape index (κ1) is 8.35. The van der Waals surface area contributed by atoms with Crippen LogP contribution in [0.2, 0.25) is 0 Å². The van der Waals surface area contributed by atoms with Crippen LogP contribution in [-0.4, -0.2) is 16.5 Å². The average molecular weight is 180 g/mol. The van der Waals surface area contributed by atoms with Crippen LogP contribution in [-0.2, 0) is 4.79 Å². The molecule has 0 aromatic rings. The zero-order valence-corrected chi connectivity index (χ0v) is 7.29. The first-order valence-corrected chi connectivity index (χ1v) is 4.46. The minimum Gasteiger partial charge on any atom is -0.508 e. The van der Waals surface area contributed by atoms with Gasteiger partial charge in [-0.2, -0.15) is 0 Å². The lowest BCUT2D eigenvalue weighted by atomic mass is 9.89. The van der Waals surface area contributed by atoms with Gasteiger partial charge in [0.05, 0.1) is 0 Å². The summed E-state index contributed by atoms with van der Waals surface area (Å²) in [6.07, 6.45) is 5.42. The number of carbonyl (C=O) groups is 1. The van der Waals surface area contributed by atoms with Crippen LogP contribution in [0.3, 0.4) is 0 Å². The van der Waals surface area contributed by atoms with Crippen LogP contribution in [0.25, 0.3) is 0 Å². The monoisotopic (exact) mass is 180 g/mol. The van der Waals surface area contributed by atoms with Gasteiger partial charge in [0.1, 0.15) is 12.0 Å². The predicted octanol–water partition coefficient (Wildman–Crippen LogP) is 2.01. The van der Waals surface area contributed by atoms with E-state index in [-0.39, 0.29) is 16.9 Å². The Labute approximate surface area is 76.4 Å². The molecule has 2 N–H and O–H groups in total. The molecule has 13 heavy (non-hydrogen) atoms. The normalized spacial score (nSPS) is 25.4. The van der Waals surface area contributed by atoms with E-state index in [1.807, 2.05) is 0 Å². The first-order valence-electron chi connectivity index (χ1n) is 4.46. The maximum Gasteiger partial charge on any atom is 0.152 e. The van der Waals surface area contributed by atoms with E-state index in [0.29, 0.717) is 12.8 Å².